The third kappa shape index (κ3) is 4.73. The summed E-state index contributed by atoms with van der Waals surface area (Å²) < 4.78 is 40.5. The quantitative estimate of drug-likeness (QED) is 0.471. The Morgan fingerprint density at radius 2 is 1.97 bits per heavy atom. The molecule has 0 saturated carbocycles. The second-order valence-corrected chi connectivity index (χ2v) is 8.68. The van der Waals surface area contributed by atoms with Gasteiger partial charge in [0.1, 0.15) is 12.4 Å². The van der Waals surface area contributed by atoms with Gasteiger partial charge in [0.15, 0.2) is 5.82 Å². The van der Waals surface area contributed by atoms with Crippen molar-refractivity contribution in [3.63, 3.8) is 0 Å². The van der Waals surface area contributed by atoms with Crippen molar-refractivity contribution < 1.29 is 18.3 Å². The predicted molar refractivity (Wildman–Crippen MR) is 120 cm³/mol. The van der Waals surface area contributed by atoms with Crippen LogP contribution in [0.5, 0.6) is 0 Å². The van der Waals surface area contributed by atoms with Crippen molar-refractivity contribution in [1.82, 2.24) is 34.8 Å². The van der Waals surface area contributed by atoms with Crippen LogP contribution in [0.2, 0.25) is 0 Å². The van der Waals surface area contributed by atoms with Gasteiger partial charge in [0.05, 0.1) is 29.2 Å². The van der Waals surface area contributed by atoms with Crippen molar-refractivity contribution in [3.8, 4) is 17.1 Å². The van der Waals surface area contributed by atoms with Gasteiger partial charge in [-0.25, -0.2) is 9.67 Å². The highest BCUT2D eigenvalue weighted by Crippen LogP contribution is 2.25. The van der Waals surface area contributed by atoms with Gasteiger partial charge in [-0.1, -0.05) is 6.07 Å². The number of rotatable bonds is 4. The minimum atomic E-state index is -4.35. The molecule has 1 aliphatic rings. The van der Waals surface area contributed by atoms with Gasteiger partial charge in [0, 0.05) is 49.5 Å². The van der Waals surface area contributed by atoms with E-state index in [0.29, 0.717) is 48.0 Å². The summed E-state index contributed by atoms with van der Waals surface area (Å²) in [4.78, 5) is 11.2. The maximum absolute atomic E-state index is 12.7. The topological polar surface area (TPSA) is 96.9 Å². The number of nitrogens with one attached hydrogen (secondary N) is 1. The number of hydrogen-bond donors (Lipinski definition) is 2. The van der Waals surface area contributed by atoms with Crippen LogP contribution in [0, 0.1) is 0 Å². The van der Waals surface area contributed by atoms with Gasteiger partial charge in [0.2, 0.25) is 0 Å². The fourth-order valence-corrected chi connectivity index (χ4v) is 4.05. The average Bonchev–Trinajstić information content (AvgIpc) is 3.36. The molecular weight excluding hydrogens is 449 g/mol. The number of β-amino-alcohol motifs (C(OH)–C–C–N with tert-alkyl or cyclic N) is 1. The van der Waals surface area contributed by atoms with Crippen molar-refractivity contribution in [2.24, 2.45) is 0 Å². The van der Waals surface area contributed by atoms with Crippen molar-refractivity contribution in [3.05, 3.63) is 49.1 Å². The Morgan fingerprint density at radius 3 is 2.79 bits per heavy atom. The van der Waals surface area contributed by atoms with Crippen LogP contribution in [0.15, 0.2) is 49.1 Å². The monoisotopic (exact) mass is 472 g/mol. The summed E-state index contributed by atoms with van der Waals surface area (Å²) in [6.07, 6.45) is 1.61. The summed E-state index contributed by atoms with van der Waals surface area (Å²) in [5.41, 5.74) is 0.778. The zero-order valence-corrected chi connectivity index (χ0v) is 18.4. The zero-order chi connectivity index (χ0) is 23.9. The van der Waals surface area contributed by atoms with Crippen LogP contribution in [0.3, 0.4) is 0 Å². The molecule has 0 amide bonds. The lowest BCUT2D eigenvalue weighted by Crippen LogP contribution is -2.43. The number of halogens is 3. The average molecular weight is 472 g/mol. The fourth-order valence-electron chi connectivity index (χ4n) is 4.05. The van der Waals surface area contributed by atoms with Gasteiger partial charge in [-0.2, -0.15) is 23.4 Å². The van der Waals surface area contributed by atoms with E-state index in [4.69, 9.17) is 4.98 Å². The van der Waals surface area contributed by atoms with Crippen LogP contribution in [-0.4, -0.2) is 72.6 Å². The third-order valence-electron chi connectivity index (χ3n) is 5.58. The van der Waals surface area contributed by atoms with Gasteiger partial charge in [-0.05, 0) is 25.1 Å². The Labute approximate surface area is 192 Å². The standard InChI is InChI=1S/C22H23F3N8O/c1-21(34)12-26-5-6-31(13-21)19-3-2-4-20(30-19)33-18-7-17(27-8-15(18)9-29-33)16-10-28-32(11-16)14-22(23,24)25/h2-4,7-11,26,34H,5-6,12-14H2,1H3. The van der Waals surface area contributed by atoms with Crippen molar-refractivity contribution in [2.75, 3.05) is 31.1 Å². The first kappa shape index (κ1) is 22.3. The van der Waals surface area contributed by atoms with E-state index in [0.717, 1.165) is 16.6 Å². The van der Waals surface area contributed by atoms with E-state index in [9.17, 15) is 18.3 Å². The summed E-state index contributed by atoms with van der Waals surface area (Å²) in [7, 11) is 0. The molecule has 1 atom stereocenters. The number of anilines is 1. The van der Waals surface area contributed by atoms with Gasteiger partial charge < -0.3 is 15.3 Å². The lowest BCUT2D eigenvalue weighted by molar-refractivity contribution is -0.142. The number of nitrogens with zero attached hydrogens (tertiary/aromatic N) is 7. The second kappa shape index (κ2) is 8.37. The first-order valence-corrected chi connectivity index (χ1v) is 10.8. The molecule has 34 heavy (non-hydrogen) atoms. The molecule has 1 unspecified atom stereocenters. The molecule has 1 saturated heterocycles. The van der Waals surface area contributed by atoms with Gasteiger partial charge in [-0.15, -0.1) is 0 Å². The number of aromatic nitrogens is 6. The highest BCUT2D eigenvalue weighted by atomic mass is 19.4. The van der Waals surface area contributed by atoms with E-state index in [1.54, 1.807) is 30.1 Å². The number of pyridine rings is 2. The van der Waals surface area contributed by atoms with E-state index in [-0.39, 0.29) is 0 Å². The largest absolute Gasteiger partial charge is 0.408 e. The van der Waals surface area contributed by atoms with Gasteiger partial charge in [0.25, 0.3) is 0 Å². The molecule has 0 radical (unpaired) electrons. The fraction of sp³-hybridized carbons (Fsp3) is 0.364. The Hall–Kier alpha value is -3.51. The lowest BCUT2D eigenvalue weighted by Gasteiger charge is -2.28. The zero-order valence-electron chi connectivity index (χ0n) is 18.4. The predicted octanol–water partition coefficient (Wildman–Crippen LogP) is 2.40. The van der Waals surface area contributed by atoms with Crippen LogP contribution >= 0.6 is 0 Å². The Bertz CT molecular complexity index is 1310. The maximum atomic E-state index is 12.7. The molecular formula is C22H23F3N8O. The number of hydrogen-bond acceptors (Lipinski definition) is 7. The highest BCUT2D eigenvalue weighted by molar-refractivity contribution is 5.83. The Balaban J connectivity index is 1.48. The summed E-state index contributed by atoms with van der Waals surface area (Å²) in [6.45, 7) is 2.98. The minimum Gasteiger partial charge on any atom is -0.387 e. The maximum Gasteiger partial charge on any atom is 0.408 e. The first-order valence-electron chi connectivity index (χ1n) is 10.8. The number of fused-ring (bicyclic) bond motifs is 1. The van der Waals surface area contributed by atoms with Crippen LogP contribution < -0.4 is 10.2 Å². The Kier molecular flexibility index (Phi) is 5.48. The molecule has 4 aromatic rings. The van der Waals surface area contributed by atoms with Gasteiger partial charge in [-0.3, -0.25) is 9.67 Å². The van der Waals surface area contributed by atoms with Crippen LogP contribution in [0.25, 0.3) is 28.0 Å². The molecule has 4 aromatic heterocycles. The van der Waals surface area contributed by atoms with Crippen molar-refractivity contribution in [1.29, 1.82) is 0 Å². The van der Waals surface area contributed by atoms with Crippen molar-refractivity contribution >= 4 is 16.7 Å². The molecule has 1 fully saturated rings. The summed E-state index contributed by atoms with van der Waals surface area (Å²) in [6, 6.07) is 7.35. The highest BCUT2D eigenvalue weighted by Gasteiger charge is 2.29. The smallest absolute Gasteiger partial charge is 0.387 e. The normalized spacial score (nSPS) is 19.5. The summed E-state index contributed by atoms with van der Waals surface area (Å²) in [5, 5.41) is 22.8. The SMILES string of the molecule is CC1(O)CNCCN(c2cccc(-n3ncc4cnc(-c5cnn(CC(F)(F)F)c5)cc43)n2)C1. The first-order chi connectivity index (χ1) is 16.2. The van der Waals surface area contributed by atoms with Crippen molar-refractivity contribution in [2.45, 2.75) is 25.2 Å². The van der Waals surface area contributed by atoms with Crippen LogP contribution in [0.1, 0.15) is 6.92 Å². The molecule has 0 aromatic carbocycles. The summed E-state index contributed by atoms with van der Waals surface area (Å²) >= 11 is 0. The van der Waals surface area contributed by atoms with Crippen LogP contribution in [-0.2, 0) is 6.54 Å². The summed E-state index contributed by atoms with van der Waals surface area (Å²) in [5.74, 6) is 1.29. The molecule has 5 heterocycles. The van der Waals surface area contributed by atoms with E-state index in [1.807, 2.05) is 23.1 Å². The second-order valence-electron chi connectivity index (χ2n) is 8.68. The Morgan fingerprint density at radius 1 is 1.15 bits per heavy atom. The molecule has 1 aliphatic heterocycles. The molecule has 0 aliphatic carbocycles. The minimum absolute atomic E-state index is 0.437. The van der Waals surface area contributed by atoms with E-state index in [2.05, 4.69) is 20.5 Å². The lowest BCUT2D eigenvalue weighted by atomic mass is 10.1. The van der Waals surface area contributed by atoms with E-state index >= 15 is 0 Å². The molecule has 9 nitrogen and oxygen atoms in total. The van der Waals surface area contributed by atoms with Crippen LogP contribution in [0.4, 0.5) is 19.0 Å². The van der Waals surface area contributed by atoms with E-state index in [1.165, 1.54) is 12.4 Å². The molecule has 0 spiro atoms. The number of aliphatic hydroxyl groups is 1. The third-order valence-corrected chi connectivity index (χ3v) is 5.58. The molecule has 2 N–H and O–H groups in total. The molecule has 5 rings (SSSR count). The molecule has 0 bridgehead atoms. The molecule has 178 valence electrons. The number of alkyl halides is 3. The van der Waals surface area contributed by atoms with E-state index < -0.39 is 18.3 Å². The van der Waals surface area contributed by atoms with Gasteiger partial charge >= 0.3 is 6.18 Å². The molecule has 12 heteroatoms.